The van der Waals surface area contributed by atoms with E-state index in [1.165, 1.54) is 0 Å². The lowest BCUT2D eigenvalue weighted by Gasteiger charge is -2.31. The van der Waals surface area contributed by atoms with E-state index in [9.17, 15) is 8.42 Å². The molecule has 24 heavy (non-hydrogen) atoms. The van der Waals surface area contributed by atoms with Crippen molar-refractivity contribution >= 4 is 10.0 Å². The molecule has 0 radical (unpaired) electrons. The topological polar surface area (TPSA) is 68.1 Å². The van der Waals surface area contributed by atoms with E-state index in [2.05, 4.69) is 10.2 Å². The molecule has 0 N–H and O–H groups in total. The third-order valence-corrected chi connectivity index (χ3v) is 7.54. The fraction of sp³-hybridized carbons (Fsp3) is 0.529. The van der Waals surface area contributed by atoms with Crippen LogP contribution < -0.4 is 0 Å². The minimum atomic E-state index is -3.25. The Hall–Kier alpha value is -1.73. The quantitative estimate of drug-likeness (QED) is 0.848. The highest BCUT2D eigenvalue weighted by atomic mass is 32.2. The van der Waals surface area contributed by atoms with Crippen molar-refractivity contribution in [1.82, 2.24) is 19.1 Å². The van der Waals surface area contributed by atoms with Crippen LogP contribution in [0.2, 0.25) is 0 Å². The van der Waals surface area contributed by atoms with Crippen molar-refractivity contribution in [3.63, 3.8) is 0 Å². The summed E-state index contributed by atoms with van der Waals surface area (Å²) < 4.78 is 29.6. The minimum absolute atomic E-state index is 0.134. The molecular weight excluding hydrogens is 324 g/mol. The number of aryl methyl sites for hydroxylation is 1. The highest BCUT2D eigenvalue weighted by Gasteiger charge is 2.51. The number of sulfonamides is 1. The van der Waals surface area contributed by atoms with Crippen LogP contribution in [0.15, 0.2) is 36.7 Å². The Balaban J connectivity index is 1.50. The molecule has 4 rings (SSSR count). The molecule has 2 aliphatic rings. The number of benzene rings is 1. The molecule has 1 aromatic heterocycles. The molecule has 2 fully saturated rings. The summed E-state index contributed by atoms with van der Waals surface area (Å²) in [5, 5.41) is 7.83. The summed E-state index contributed by atoms with van der Waals surface area (Å²) in [5.41, 5.74) is 1.13. The van der Waals surface area contributed by atoms with Gasteiger partial charge in [-0.25, -0.2) is 12.7 Å². The van der Waals surface area contributed by atoms with Crippen LogP contribution in [0.25, 0.3) is 0 Å². The molecule has 128 valence electrons. The lowest BCUT2D eigenvalue weighted by molar-refractivity contribution is 0.305. The van der Waals surface area contributed by atoms with Gasteiger partial charge in [0.2, 0.25) is 10.0 Å². The normalized spacial score (nSPS) is 28.0. The Morgan fingerprint density at radius 1 is 1.21 bits per heavy atom. The Morgan fingerprint density at radius 2 is 2.00 bits per heavy atom. The number of hydrogen-bond acceptors (Lipinski definition) is 4. The molecule has 0 spiro atoms. The smallest absolute Gasteiger partial charge is 0.217 e. The fourth-order valence-electron chi connectivity index (χ4n) is 3.79. The number of piperidine rings is 1. The molecule has 6 nitrogen and oxygen atoms in total. The van der Waals surface area contributed by atoms with Crippen molar-refractivity contribution in [2.24, 2.45) is 7.05 Å². The van der Waals surface area contributed by atoms with Crippen molar-refractivity contribution in [1.29, 1.82) is 0 Å². The number of hydrogen-bond donors (Lipinski definition) is 0. The summed E-state index contributed by atoms with van der Waals surface area (Å²) in [4.78, 5) is 0. The Labute approximate surface area is 142 Å². The van der Waals surface area contributed by atoms with Gasteiger partial charge in [-0.15, -0.1) is 10.2 Å². The first-order valence-corrected chi connectivity index (χ1v) is 9.95. The zero-order valence-electron chi connectivity index (χ0n) is 13.7. The van der Waals surface area contributed by atoms with Crippen LogP contribution in [0.5, 0.6) is 0 Å². The summed E-state index contributed by atoms with van der Waals surface area (Å²) >= 11 is 0. The van der Waals surface area contributed by atoms with Gasteiger partial charge in [0.25, 0.3) is 0 Å². The Kier molecular flexibility index (Phi) is 3.92. The first-order valence-electron chi connectivity index (χ1n) is 8.45. The van der Waals surface area contributed by atoms with Crippen molar-refractivity contribution in [2.75, 3.05) is 13.1 Å². The van der Waals surface area contributed by atoms with E-state index >= 15 is 0 Å². The predicted octanol–water partition coefficient (Wildman–Crippen LogP) is 1.88. The average Bonchev–Trinajstić information content (AvgIpc) is 3.31. The molecule has 1 aliphatic carbocycles. The van der Waals surface area contributed by atoms with Gasteiger partial charge >= 0.3 is 0 Å². The van der Waals surface area contributed by atoms with Crippen LogP contribution in [0.1, 0.15) is 42.5 Å². The lowest BCUT2D eigenvalue weighted by atomic mass is 9.99. The summed E-state index contributed by atoms with van der Waals surface area (Å²) in [6.45, 7) is 1.14. The molecule has 3 atom stereocenters. The Morgan fingerprint density at radius 3 is 2.71 bits per heavy atom. The third kappa shape index (κ3) is 2.75. The van der Waals surface area contributed by atoms with E-state index in [4.69, 9.17) is 0 Å². The van der Waals surface area contributed by atoms with Crippen LogP contribution in [0, 0.1) is 0 Å². The van der Waals surface area contributed by atoms with Crippen molar-refractivity contribution < 1.29 is 8.42 Å². The average molecular weight is 346 g/mol. The van der Waals surface area contributed by atoms with Gasteiger partial charge in [0.15, 0.2) is 0 Å². The van der Waals surface area contributed by atoms with E-state index in [-0.39, 0.29) is 17.1 Å². The zero-order valence-corrected chi connectivity index (χ0v) is 14.6. The highest BCUT2D eigenvalue weighted by molar-refractivity contribution is 7.90. The molecule has 0 bridgehead atoms. The molecule has 1 saturated heterocycles. The third-order valence-electron chi connectivity index (χ3n) is 5.20. The lowest BCUT2D eigenvalue weighted by Crippen LogP contribution is -2.41. The van der Waals surface area contributed by atoms with Crippen LogP contribution in [0.3, 0.4) is 0 Å². The van der Waals surface area contributed by atoms with Crippen molar-refractivity contribution in [3.8, 4) is 0 Å². The van der Waals surface area contributed by atoms with Gasteiger partial charge in [-0.1, -0.05) is 30.3 Å². The molecule has 0 amide bonds. The van der Waals surface area contributed by atoms with Gasteiger partial charge in [0, 0.05) is 32.0 Å². The first-order chi connectivity index (χ1) is 11.6. The molecule has 1 aliphatic heterocycles. The van der Waals surface area contributed by atoms with E-state index in [0.29, 0.717) is 13.1 Å². The second-order valence-corrected chi connectivity index (χ2v) is 8.99. The number of nitrogens with zero attached hydrogens (tertiary/aromatic N) is 4. The van der Waals surface area contributed by atoms with Crippen LogP contribution >= 0.6 is 0 Å². The van der Waals surface area contributed by atoms with E-state index in [1.54, 1.807) is 10.6 Å². The van der Waals surface area contributed by atoms with Gasteiger partial charge in [-0.3, -0.25) is 0 Å². The molecular formula is C17H22N4O2S. The maximum Gasteiger partial charge on any atom is 0.217 e. The van der Waals surface area contributed by atoms with E-state index < -0.39 is 10.0 Å². The van der Waals surface area contributed by atoms with Crippen molar-refractivity contribution in [2.45, 2.75) is 36.3 Å². The van der Waals surface area contributed by atoms with Gasteiger partial charge < -0.3 is 4.57 Å². The molecule has 7 heteroatoms. The van der Waals surface area contributed by atoms with E-state index in [1.807, 2.05) is 41.9 Å². The molecule has 1 unspecified atom stereocenters. The Bertz CT molecular complexity index is 818. The number of rotatable bonds is 4. The summed E-state index contributed by atoms with van der Waals surface area (Å²) in [6, 6.07) is 9.97. The van der Waals surface area contributed by atoms with Gasteiger partial charge in [0.05, 0.1) is 5.25 Å². The SMILES string of the molecule is Cn1cnnc1C1CCCN(S(=O)(=O)[C@H]2C[C@@H]2c2ccccc2)C1. The summed E-state index contributed by atoms with van der Waals surface area (Å²) in [5.74, 6) is 1.16. The fourth-order valence-corrected chi connectivity index (χ4v) is 5.97. The zero-order chi connectivity index (χ0) is 16.7. The molecule has 1 aromatic carbocycles. The second-order valence-electron chi connectivity index (χ2n) is 6.83. The summed E-state index contributed by atoms with van der Waals surface area (Å²) in [6.07, 6.45) is 4.25. The maximum atomic E-state index is 13.0. The molecule has 2 heterocycles. The van der Waals surface area contributed by atoms with Crippen LogP contribution in [-0.2, 0) is 17.1 Å². The minimum Gasteiger partial charge on any atom is -0.320 e. The van der Waals surface area contributed by atoms with Crippen molar-refractivity contribution in [3.05, 3.63) is 48.0 Å². The first kappa shape index (κ1) is 15.8. The van der Waals surface area contributed by atoms with Crippen LogP contribution in [0.4, 0.5) is 0 Å². The summed E-state index contributed by atoms with van der Waals surface area (Å²) in [7, 11) is -1.34. The van der Waals surface area contributed by atoms with Crippen LogP contribution in [-0.4, -0.2) is 45.8 Å². The van der Waals surface area contributed by atoms with Gasteiger partial charge in [-0.2, -0.15) is 0 Å². The second kappa shape index (κ2) is 5.97. The molecule has 2 aromatic rings. The monoisotopic (exact) mass is 346 g/mol. The molecule has 1 saturated carbocycles. The van der Waals surface area contributed by atoms with Gasteiger partial charge in [-0.05, 0) is 24.8 Å². The highest BCUT2D eigenvalue weighted by Crippen LogP contribution is 2.47. The maximum absolute atomic E-state index is 13.0. The largest absolute Gasteiger partial charge is 0.320 e. The predicted molar refractivity (Wildman–Crippen MR) is 91.1 cm³/mol. The number of aromatic nitrogens is 3. The standard InChI is InChI=1S/C17H22N4O2S/c1-20-12-18-19-17(20)14-8-5-9-21(11-14)24(22,23)16-10-15(16)13-6-3-2-4-7-13/h2-4,6-7,12,14-16H,5,8-11H2,1H3/t14?,15-,16+/m1/s1. The van der Waals surface area contributed by atoms with Gasteiger partial charge in [0.1, 0.15) is 12.2 Å². The van der Waals surface area contributed by atoms with E-state index in [0.717, 1.165) is 30.7 Å².